The number of nitrogens with zero attached hydrogens (tertiary/aromatic N) is 3. The maximum absolute atomic E-state index is 13.1. The first-order valence-electron chi connectivity index (χ1n) is 10.5. The van der Waals surface area contributed by atoms with Gasteiger partial charge in [0.15, 0.2) is 5.69 Å². The van der Waals surface area contributed by atoms with Crippen LogP contribution < -0.4 is 9.64 Å². The predicted molar refractivity (Wildman–Crippen MR) is 128 cm³/mol. The van der Waals surface area contributed by atoms with Gasteiger partial charge in [-0.3, -0.25) is 0 Å². The molecule has 0 saturated heterocycles. The fourth-order valence-electron chi connectivity index (χ4n) is 3.42. The highest BCUT2D eigenvalue weighted by Crippen LogP contribution is 2.31. The summed E-state index contributed by atoms with van der Waals surface area (Å²) in [6, 6.07) is 25.6. The second-order valence-corrected chi connectivity index (χ2v) is 7.35. The van der Waals surface area contributed by atoms with Gasteiger partial charge in [-0.15, -0.1) is 0 Å². The van der Waals surface area contributed by atoms with Gasteiger partial charge < -0.3 is 19.6 Å². The standard InChI is InChI=1S/C27H20FN3O3/c1-29-15-16-31(22-5-3-2-4-6-22)26-18-20(17-25(30-26)27(32)33)19-7-11-23(12-8-19)34-24-13-9-21(28)10-14-24/h2-14,17-18H,15-16H2,(H,32,33). The topological polar surface area (TPSA) is 67.0 Å². The van der Waals surface area contributed by atoms with Crippen molar-refractivity contribution in [3.8, 4) is 22.6 Å². The molecule has 34 heavy (non-hydrogen) atoms. The summed E-state index contributed by atoms with van der Waals surface area (Å²) < 4.78 is 18.8. The number of hydrogen-bond donors (Lipinski definition) is 1. The van der Waals surface area contributed by atoms with E-state index in [0.29, 0.717) is 29.4 Å². The summed E-state index contributed by atoms with van der Waals surface area (Å²) in [6.07, 6.45) is 0. The molecule has 6 nitrogen and oxygen atoms in total. The summed E-state index contributed by atoms with van der Waals surface area (Å²) in [5.74, 6) is 0.0261. The maximum atomic E-state index is 13.1. The zero-order valence-corrected chi connectivity index (χ0v) is 18.1. The molecule has 168 valence electrons. The quantitative estimate of drug-likeness (QED) is 0.311. The van der Waals surface area contributed by atoms with E-state index < -0.39 is 5.97 Å². The maximum Gasteiger partial charge on any atom is 0.354 e. The van der Waals surface area contributed by atoms with E-state index in [9.17, 15) is 14.3 Å². The summed E-state index contributed by atoms with van der Waals surface area (Å²) in [5, 5.41) is 9.66. The van der Waals surface area contributed by atoms with E-state index >= 15 is 0 Å². The van der Waals surface area contributed by atoms with Gasteiger partial charge in [-0.25, -0.2) is 20.7 Å². The molecule has 0 amide bonds. The van der Waals surface area contributed by atoms with Crippen LogP contribution in [0.25, 0.3) is 16.0 Å². The number of carboxylic acids is 1. The molecule has 0 saturated carbocycles. The number of para-hydroxylation sites is 1. The average Bonchev–Trinajstić information content (AvgIpc) is 2.86. The number of carbonyl (C=O) groups is 1. The second kappa shape index (κ2) is 10.3. The first-order valence-corrected chi connectivity index (χ1v) is 10.5. The van der Waals surface area contributed by atoms with Gasteiger partial charge in [0.2, 0.25) is 6.54 Å². The summed E-state index contributed by atoms with van der Waals surface area (Å²) in [5.41, 5.74) is 2.16. The van der Waals surface area contributed by atoms with Gasteiger partial charge in [0.1, 0.15) is 23.1 Å². The normalized spacial score (nSPS) is 10.4. The highest BCUT2D eigenvalue weighted by atomic mass is 19.1. The minimum atomic E-state index is -1.14. The van der Waals surface area contributed by atoms with Crippen LogP contribution in [0.15, 0.2) is 91.0 Å². The van der Waals surface area contributed by atoms with E-state index in [2.05, 4.69) is 9.83 Å². The zero-order valence-electron chi connectivity index (χ0n) is 18.1. The molecule has 3 aromatic carbocycles. The van der Waals surface area contributed by atoms with Gasteiger partial charge >= 0.3 is 5.97 Å². The Balaban J connectivity index is 1.68. The summed E-state index contributed by atoms with van der Waals surface area (Å²) in [4.78, 5) is 21.4. The van der Waals surface area contributed by atoms with E-state index in [1.807, 2.05) is 47.4 Å². The largest absolute Gasteiger partial charge is 0.477 e. The Morgan fingerprint density at radius 1 is 0.941 bits per heavy atom. The van der Waals surface area contributed by atoms with E-state index in [1.165, 1.54) is 18.2 Å². The third-order valence-electron chi connectivity index (χ3n) is 5.05. The van der Waals surface area contributed by atoms with E-state index in [-0.39, 0.29) is 18.1 Å². The van der Waals surface area contributed by atoms with Crippen LogP contribution >= 0.6 is 0 Å². The predicted octanol–water partition coefficient (Wildman–Crippen LogP) is 6.44. The Morgan fingerprint density at radius 2 is 1.59 bits per heavy atom. The van der Waals surface area contributed by atoms with Crippen molar-refractivity contribution in [3.63, 3.8) is 0 Å². The first kappa shape index (κ1) is 22.5. The van der Waals surface area contributed by atoms with Crippen LogP contribution in [0, 0.1) is 12.4 Å². The van der Waals surface area contributed by atoms with Crippen molar-refractivity contribution in [1.82, 2.24) is 4.98 Å². The lowest BCUT2D eigenvalue weighted by Gasteiger charge is -2.23. The molecule has 0 atom stereocenters. The lowest BCUT2D eigenvalue weighted by molar-refractivity contribution is 0.0690. The molecule has 0 fully saturated rings. The Morgan fingerprint density at radius 3 is 2.21 bits per heavy atom. The Labute approximate surface area is 196 Å². The molecule has 7 heteroatoms. The molecule has 4 rings (SSSR count). The SMILES string of the molecule is [C-]#[N+]CCN(c1ccccc1)c1cc(-c2ccc(Oc3ccc(F)cc3)cc2)cc(C(=O)O)n1. The van der Waals surface area contributed by atoms with E-state index in [4.69, 9.17) is 11.3 Å². The van der Waals surface area contributed by atoms with Crippen LogP contribution in [0.3, 0.4) is 0 Å². The minimum absolute atomic E-state index is 0.0946. The summed E-state index contributed by atoms with van der Waals surface area (Å²) >= 11 is 0. The van der Waals surface area contributed by atoms with E-state index in [1.54, 1.807) is 30.3 Å². The third-order valence-corrected chi connectivity index (χ3v) is 5.05. The van der Waals surface area contributed by atoms with Gasteiger partial charge in [0.05, 0.1) is 6.54 Å². The second-order valence-electron chi connectivity index (χ2n) is 7.35. The first-order chi connectivity index (χ1) is 16.5. The molecule has 0 bridgehead atoms. The Kier molecular flexibility index (Phi) is 6.80. The molecular weight excluding hydrogens is 433 g/mol. The summed E-state index contributed by atoms with van der Waals surface area (Å²) in [6.45, 7) is 7.78. The number of carboxylic acid groups (broad SMARTS) is 1. The van der Waals surface area contributed by atoms with Crippen molar-refractivity contribution in [3.05, 3.63) is 114 Å². The third kappa shape index (κ3) is 5.37. The Bertz CT molecular complexity index is 1320. The number of hydrogen-bond acceptors (Lipinski definition) is 4. The van der Waals surface area contributed by atoms with Crippen molar-refractivity contribution < 1.29 is 19.0 Å². The van der Waals surface area contributed by atoms with Crippen LogP contribution in [0.2, 0.25) is 0 Å². The highest BCUT2D eigenvalue weighted by molar-refractivity contribution is 5.88. The highest BCUT2D eigenvalue weighted by Gasteiger charge is 2.17. The molecule has 0 aliphatic carbocycles. The molecule has 0 spiro atoms. The van der Waals surface area contributed by atoms with Crippen LogP contribution in [-0.4, -0.2) is 29.1 Å². The van der Waals surface area contributed by atoms with Gasteiger partial charge in [-0.1, -0.05) is 30.3 Å². The van der Waals surface area contributed by atoms with Crippen molar-refractivity contribution >= 4 is 17.5 Å². The number of aromatic carboxylic acids is 1. The zero-order chi connectivity index (χ0) is 23.9. The lowest BCUT2D eigenvalue weighted by Crippen LogP contribution is -2.22. The molecule has 0 radical (unpaired) electrons. The summed E-state index contributed by atoms with van der Waals surface area (Å²) in [7, 11) is 0. The van der Waals surface area contributed by atoms with Crippen molar-refractivity contribution in [1.29, 1.82) is 0 Å². The van der Waals surface area contributed by atoms with Crippen LogP contribution in [0.4, 0.5) is 15.9 Å². The molecule has 4 aromatic rings. The lowest BCUT2D eigenvalue weighted by atomic mass is 10.0. The number of rotatable bonds is 8. The number of ether oxygens (including phenoxy) is 1. The fourth-order valence-corrected chi connectivity index (χ4v) is 3.42. The van der Waals surface area contributed by atoms with Crippen LogP contribution in [0.5, 0.6) is 11.5 Å². The van der Waals surface area contributed by atoms with Crippen molar-refractivity contribution in [2.24, 2.45) is 0 Å². The Hall–Kier alpha value is -4.70. The smallest absolute Gasteiger partial charge is 0.354 e. The number of aromatic nitrogens is 1. The van der Waals surface area contributed by atoms with Gasteiger partial charge in [-0.2, -0.15) is 0 Å². The molecule has 1 aromatic heterocycles. The van der Waals surface area contributed by atoms with Crippen molar-refractivity contribution in [2.45, 2.75) is 0 Å². The van der Waals surface area contributed by atoms with Crippen LogP contribution in [-0.2, 0) is 0 Å². The minimum Gasteiger partial charge on any atom is -0.477 e. The van der Waals surface area contributed by atoms with Gasteiger partial charge in [-0.05, 0) is 71.8 Å². The molecule has 1 N–H and O–H groups in total. The monoisotopic (exact) mass is 453 g/mol. The fraction of sp³-hybridized carbons (Fsp3) is 0.0741. The van der Waals surface area contributed by atoms with Gasteiger partial charge in [0.25, 0.3) is 0 Å². The number of halogens is 1. The molecule has 0 aliphatic rings. The van der Waals surface area contributed by atoms with Crippen LogP contribution in [0.1, 0.15) is 10.5 Å². The molecule has 1 heterocycles. The van der Waals surface area contributed by atoms with Crippen molar-refractivity contribution in [2.75, 3.05) is 18.0 Å². The number of pyridine rings is 1. The molecule has 0 unspecified atom stereocenters. The van der Waals surface area contributed by atoms with Gasteiger partial charge in [0, 0.05) is 5.69 Å². The van der Waals surface area contributed by atoms with E-state index in [0.717, 1.165) is 11.3 Å². The number of anilines is 2. The molecule has 0 aliphatic heterocycles. The molecular formula is C27H20FN3O3. The average molecular weight is 453 g/mol. The number of benzene rings is 3.